The molecule has 1 heterocycles. The number of nitrogens with two attached hydrogens (primary N) is 1. The molecule has 0 saturated carbocycles. The standard InChI is InChI=1S/C13H13N3O/c14-11-5-4-6-12(9-11)15-13(17)10-16-7-2-1-3-8-16/h1-9H,10,14H2/p+1. The molecule has 4 nitrogen and oxygen atoms in total. The predicted molar refractivity (Wildman–Crippen MR) is 66.1 cm³/mol. The lowest BCUT2D eigenvalue weighted by atomic mass is 10.3. The highest BCUT2D eigenvalue weighted by Gasteiger charge is 2.08. The number of rotatable bonds is 3. The minimum absolute atomic E-state index is 0.0770. The smallest absolute Gasteiger partial charge is 0.290 e. The van der Waals surface area contributed by atoms with E-state index in [-0.39, 0.29) is 12.5 Å². The number of carbonyl (C=O) groups is 1. The first-order valence-corrected chi connectivity index (χ1v) is 5.33. The van der Waals surface area contributed by atoms with Crippen LogP contribution in [0, 0.1) is 0 Å². The van der Waals surface area contributed by atoms with E-state index in [1.165, 1.54) is 0 Å². The van der Waals surface area contributed by atoms with Crippen LogP contribution in [0.3, 0.4) is 0 Å². The zero-order valence-electron chi connectivity index (χ0n) is 9.34. The summed E-state index contributed by atoms with van der Waals surface area (Å²) in [6.45, 7) is 0.287. The van der Waals surface area contributed by atoms with Gasteiger partial charge in [0.1, 0.15) is 0 Å². The molecule has 2 aromatic rings. The minimum atomic E-state index is -0.0770. The Morgan fingerprint density at radius 1 is 1.18 bits per heavy atom. The Labute approximate surface area is 99.7 Å². The van der Waals surface area contributed by atoms with E-state index >= 15 is 0 Å². The van der Waals surface area contributed by atoms with Crippen molar-refractivity contribution in [2.24, 2.45) is 0 Å². The van der Waals surface area contributed by atoms with Crippen LogP contribution in [0.2, 0.25) is 0 Å². The van der Waals surface area contributed by atoms with Gasteiger partial charge in [-0.2, -0.15) is 4.57 Å². The highest BCUT2D eigenvalue weighted by atomic mass is 16.1. The van der Waals surface area contributed by atoms with Crippen molar-refractivity contribution in [2.75, 3.05) is 11.1 Å². The molecule has 0 radical (unpaired) electrons. The zero-order valence-corrected chi connectivity index (χ0v) is 9.34. The van der Waals surface area contributed by atoms with Crippen LogP contribution >= 0.6 is 0 Å². The summed E-state index contributed by atoms with van der Waals surface area (Å²) in [6, 6.07) is 12.8. The fourth-order valence-electron chi connectivity index (χ4n) is 1.52. The first kappa shape index (κ1) is 11.1. The third-order valence-corrected chi connectivity index (χ3v) is 2.27. The van der Waals surface area contributed by atoms with Gasteiger partial charge in [0.2, 0.25) is 6.54 Å². The van der Waals surface area contributed by atoms with Gasteiger partial charge in [0.25, 0.3) is 5.91 Å². The molecular weight excluding hydrogens is 214 g/mol. The first-order valence-electron chi connectivity index (χ1n) is 5.33. The van der Waals surface area contributed by atoms with E-state index in [4.69, 9.17) is 5.73 Å². The summed E-state index contributed by atoms with van der Waals surface area (Å²) in [5.41, 5.74) is 6.98. The Morgan fingerprint density at radius 2 is 1.94 bits per heavy atom. The lowest BCUT2D eigenvalue weighted by Crippen LogP contribution is -2.39. The molecule has 0 saturated heterocycles. The number of nitrogens with zero attached hydrogens (tertiary/aromatic N) is 1. The van der Waals surface area contributed by atoms with Gasteiger partial charge >= 0.3 is 0 Å². The van der Waals surface area contributed by atoms with Crippen LogP contribution < -0.4 is 15.6 Å². The van der Waals surface area contributed by atoms with Crippen molar-refractivity contribution in [1.29, 1.82) is 0 Å². The van der Waals surface area contributed by atoms with Gasteiger partial charge < -0.3 is 11.1 Å². The van der Waals surface area contributed by atoms with Gasteiger partial charge in [-0.05, 0) is 18.2 Å². The van der Waals surface area contributed by atoms with Crippen LogP contribution in [0.1, 0.15) is 0 Å². The Balaban J connectivity index is 1.98. The van der Waals surface area contributed by atoms with Crippen molar-refractivity contribution in [2.45, 2.75) is 6.54 Å². The lowest BCUT2D eigenvalue weighted by Gasteiger charge is -2.03. The normalized spacial score (nSPS) is 9.88. The second-order valence-corrected chi connectivity index (χ2v) is 3.72. The molecule has 0 aliphatic carbocycles. The predicted octanol–water partition coefficient (Wildman–Crippen LogP) is 1.19. The Kier molecular flexibility index (Phi) is 3.35. The van der Waals surface area contributed by atoms with Gasteiger partial charge in [-0.25, -0.2) is 0 Å². The Hall–Kier alpha value is -2.36. The molecule has 1 amide bonds. The number of nitrogen functional groups attached to an aromatic ring is 1. The summed E-state index contributed by atoms with van der Waals surface area (Å²) >= 11 is 0. The number of nitrogens with one attached hydrogen (secondary N) is 1. The number of hydrogen-bond acceptors (Lipinski definition) is 2. The molecule has 0 aliphatic heterocycles. The summed E-state index contributed by atoms with van der Waals surface area (Å²) in [7, 11) is 0. The average molecular weight is 228 g/mol. The van der Waals surface area contributed by atoms with Crippen LogP contribution in [-0.2, 0) is 11.3 Å². The van der Waals surface area contributed by atoms with Gasteiger partial charge in [0, 0.05) is 23.5 Å². The second-order valence-electron chi connectivity index (χ2n) is 3.72. The molecule has 3 N–H and O–H groups in total. The quantitative estimate of drug-likeness (QED) is 0.612. The van der Waals surface area contributed by atoms with Gasteiger partial charge in [-0.1, -0.05) is 12.1 Å². The molecule has 4 heteroatoms. The maximum atomic E-state index is 11.7. The summed E-state index contributed by atoms with van der Waals surface area (Å²) in [5, 5.41) is 2.79. The van der Waals surface area contributed by atoms with E-state index in [0.29, 0.717) is 11.4 Å². The van der Waals surface area contributed by atoms with Crippen LogP contribution in [0.5, 0.6) is 0 Å². The van der Waals surface area contributed by atoms with Crippen molar-refractivity contribution in [3.63, 3.8) is 0 Å². The van der Waals surface area contributed by atoms with Crippen molar-refractivity contribution in [3.05, 3.63) is 54.9 Å². The average Bonchev–Trinajstić information content (AvgIpc) is 2.30. The van der Waals surface area contributed by atoms with Gasteiger partial charge in [0.05, 0.1) is 0 Å². The molecule has 86 valence electrons. The molecule has 0 fully saturated rings. The number of pyridine rings is 1. The lowest BCUT2D eigenvalue weighted by molar-refractivity contribution is -0.684. The zero-order chi connectivity index (χ0) is 12.1. The number of anilines is 2. The Bertz CT molecular complexity index is 511. The molecule has 17 heavy (non-hydrogen) atoms. The van der Waals surface area contributed by atoms with E-state index in [2.05, 4.69) is 5.32 Å². The van der Waals surface area contributed by atoms with Crippen LogP contribution in [-0.4, -0.2) is 5.91 Å². The van der Waals surface area contributed by atoms with E-state index in [9.17, 15) is 4.79 Å². The molecule has 0 spiro atoms. The monoisotopic (exact) mass is 228 g/mol. The maximum absolute atomic E-state index is 11.7. The molecule has 0 aliphatic rings. The molecule has 0 bridgehead atoms. The minimum Gasteiger partial charge on any atom is -0.399 e. The third kappa shape index (κ3) is 3.31. The van der Waals surface area contributed by atoms with Crippen molar-refractivity contribution < 1.29 is 9.36 Å². The van der Waals surface area contributed by atoms with E-state index in [1.54, 1.807) is 18.2 Å². The fourth-order valence-corrected chi connectivity index (χ4v) is 1.52. The molecule has 2 rings (SSSR count). The van der Waals surface area contributed by atoms with Crippen molar-refractivity contribution >= 4 is 17.3 Å². The molecule has 1 aromatic heterocycles. The number of benzene rings is 1. The van der Waals surface area contributed by atoms with Crippen LogP contribution in [0.4, 0.5) is 11.4 Å². The van der Waals surface area contributed by atoms with Crippen LogP contribution in [0.25, 0.3) is 0 Å². The summed E-state index contributed by atoms with van der Waals surface area (Å²) < 4.78 is 1.81. The first-order chi connectivity index (χ1) is 8.24. The van der Waals surface area contributed by atoms with Crippen molar-refractivity contribution in [1.82, 2.24) is 0 Å². The molecule has 0 atom stereocenters. The molecular formula is C13H14N3O+. The Morgan fingerprint density at radius 3 is 2.65 bits per heavy atom. The topological polar surface area (TPSA) is 59.0 Å². The maximum Gasteiger partial charge on any atom is 0.290 e. The number of aromatic nitrogens is 1. The molecule has 1 aromatic carbocycles. The van der Waals surface area contributed by atoms with Gasteiger partial charge in [-0.15, -0.1) is 0 Å². The summed E-state index contributed by atoms with van der Waals surface area (Å²) in [4.78, 5) is 11.7. The number of hydrogen-bond donors (Lipinski definition) is 2. The highest BCUT2D eigenvalue weighted by Crippen LogP contribution is 2.11. The second kappa shape index (κ2) is 5.12. The van der Waals surface area contributed by atoms with E-state index in [1.807, 2.05) is 41.2 Å². The summed E-state index contributed by atoms with van der Waals surface area (Å²) in [5.74, 6) is -0.0770. The highest BCUT2D eigenvalue weighted by molar-refractivity contribution is 5.90. The third-order valence-electron chi connectivity index (χ3n) is 2.27. The SMILES string of the molecule is Nc1cccc(NC(=O)C[n+]2ccccc2)c1. The van der Waals surface area contributed by atoms with E-state index in [0.717, 1.165) is 0 Å². The fraction of sp³-hybridized carbons (Fsp3) is 0.0769. The van der Waals surface area contributed by atoms with Gasteiger partial charge in [0.15, 0.2) is 12.4 Å². The number of carbonyl (C=O) groups excluding carboxylic acids is 1. The van der Waals surface area contributed by atoms with Gasteiger partial charge in [-0.3, -0.25) is 4.79 Å². The van der Waals surface area contributed by atoms with Crippen molar-refractivity contribution in [3.8, 4) is 0 Å². The largest absolute Gasteiger partial charge is 0.399 e. The molecule has 0 unspecified atom stereocenters. The van der Waals surface area contributed by atoms with Crippen LogP contribution in [0.15, 0.2) is 54.9 Å². The summed E-state index contributed by atoms with van der Waals surface area (Å²) in [6.07, 6.45) is 3.69. The number of amides is 1. The van der Waals surface area contributed by atoms with E-state index < -0.39 is 0 Å².